The number of rotatable bonds is 6. The average molecular weight is 455 g/mol. The number of piperidine rings is 2. The number of ether oxygens (including phenoxy) is 1. The molecule has 2 saturated heterocycles. The molecule has 4 rings (SSSR count). The van der Waals surface area contributed by atoms with Crippen LogP contribution in [0.2, 0.25) is 5.02 Å². The Bertz CT molecular complexity index is 912. The zero-order chi connectivity index (χ0) is 22.4. The minimum absolute atomic E-state index is 0.0177. The summed E-state index contributed by atoms with van der Waals surface area (Å²) in [6.45, 7) is 3.29. The third-order valence-corrected chi connectivity index (χ3v) is 6.81. The van der Waals surface area contributed by atoms with Gasteiger partial charge in [-0.15, -0.1) is 0 Å². The van der Waals surface area contributed by atoms with E-state index in [0.717, 1.165) is 44.5 Å². The fraction of sp³-hybridized carbons (Fsp3) is 0.462. The summed E-state index contributed by atoms with van der Waals surface area (Å²) in [6.07, 6.45) is 5.45. The fourth-order valence-corrected chi connectivity index (χ4v) is 4.92. The molecular weight excluding hydrogens is 424 g/mol. The predicted octanol–water partition coefficient (Wildman–Crippen LogP) is 5.04. The van der Waals surface area contributed by atoms with Gasteiger partial charge in [-0.3, -0.25) is 9.59 Å². The lowest BCUT2D eigenvalue weighted by molar-refractivity contribution is -0.136. The molecule has 170 valence electrons. The van der Waals surface area contributed by atoms with Crippen molar-refractivity contribution in [3.63, 3.8) is 0 Å². The first-order valence-electron chi connectivity index (χ1n) is 11.6. The largest absolute Gasteiger partial charge is 0.493 e. The van der Waals surface area contributed by atoms with Crippen molar-refractivity contribution < 1.29 is 14.3 Å². The third kappa shape index (κ3) is 5.63. The SMILES string of the molecule is O=C(CC1(COc2ccccc2)CCCN(C(=O)c2ccc(Cl)cc2)C1)N1CCCCC1. The summed E-state index contributed by atoms with van der Waals surface area (Å²) in [6, 6.07) is 16.7. The standard InChI is InChI=1S/C26H31ClN2O3/c27-22-12-10-21(11-13-22)25(31)29-17-7-14-26(19-29,20-32-23-8-3-1-4-9-23)18-24(30)28-15-5-2-6-16-28/h1,3-4,8-13H,2,5-7,14-20H2. The van der Waals surface area contributed by atoms with Crippen LogP contribution in [0.4, 0.5) is 0 Å². The van der Waals surface area contributed by atoms with Gasteiger partial charge in [0.1, 0.15) is 5.75 Å². The predicted molar refractivity (Wildman–Crippen MR) is 126 cm³/mol. The molecule has 0 radical (unpaired) electrons. The van der Waals surface area contributed by atoms with E-state index in [1.54, 1.807) is 24.3 Å². The Morgan fingerprint density at radius 3 is 2.28 bits per heavy atom. The van der Waals surface area contributed by atoms with E-state index in [2.05, 4.69) is 0 Å². The van der Waals surface area contributed by atoms with Gasteiger partial charge in [0.2, 0.25) is 5.91 Å². The number of para-hydroxylation sites is 1. The Morgan fingerprint density at radius 2 is 1.56 bits per heavy atom. The van der Waals surface area contributed by atoms with Gasteiger partial charge in [0.05, 0.1) is 6.61 Å². The minimum atomic E-state index is -0.398. The van der Waals surface area contributed by atoms with Gasteiger partial charge < -0.3 is 14.5 Å². The van der Waals surface area contributed by atoms with Crippen molar-refractivity contribution in [2.75, 3.05) is 32.8 Å². The number of halogens is 1. The van der Waals surface area contributed by atoms with Gasteiger partial charge in [0.25, 0.3) is 5.91 Å². The molecule has 0 saturated carbocycles. The Labute approximate surface area is 195 Å². The van der Waals surface area contributed by atoms with Crippen molar-refractivity contribution in [3.05, 3.63) is 65.2 Å². The molecule has 0 bridgehead atoms. The monoisotopic (exact) mass is 454 g/mol. The molecule has 2 heterocycles. The van der Waals surface area contributed by atoms with Crippen LogP contribution in [0.25, 0.3) is 0 Å². The van der Waals surface area contributed by atoms with Crippen LogP contribution in [0.15, 0.2) is 54.6 Å². The zero-order valence-electron chi connectivity index (χ0n) is 18.5. The molecule has 2 amide bonds. The van der Waals surface area contributed by atoms with Crippen LogP contribution in [0.5, 0.6) is 5.75 Å². The molecule has 1 atom stereocenters. The van der Waals surface area contributed by atoms with Crippen LogP contribution in [0, 0.1) is 5.41 Å². The first kappa shape index (κ1) is 22.7. The minimum Gasteiger partial charge on any atom is -0.493 e. The summed E-state index contributed by atoms with van der Waals surface area (Å²) in [5.41, 5.74) is 0.224. The maximum atomic E-state index is 13.2. The Morgan fingerprint density at radius 1 is 0.875 bits per heavy atom. The van der Waals surface area contributed by atoms with Crippen molar-refractivity contribution in [1.82, 2.24) is 9.80 Å². The highest BCUT2D eigenvalue weighted by Gasteiger charge is 2.41. The number of likely N-dealkylation sites (tertiary alicyclic amines) is 2. The van der Waals surface area contributed by atoms with Crippen LogP contribution in [0.3, 0.4) is 0 Å². The molecule has 6 heteroatoms. The van der Waals surface area contributed by atoms with Gasteiger partial charge in [-0.05, 0) is 68.5 Å². The molecule has 2 aromatic carbocycles. The van der Waals surface area contributed by atoms with Crippen molar-refractivity contribution in [1.29, 1.82) is 0 Å². The summed E-state index contributed by atoms with van der Waals surface area (Å²) >= 11 is 5.99. The van der Waals surface area contributed by atoms with E-state index in [1.165, 1.54) is 6.42 Å². The van der Waals surface area contributed by atoms with Crippen molar-refractivity contribution in [2.45, 2.75) is 38.5 Å². The number of nitrogens with zero attached hydrogens (tertiary/aromatic N) is 2. The fourth-order valence-electron chi connectivity index (χ4n) is 4.80. The second-order valence-electron chi connectivity index (χ2n) is 9.06. The van der Waals surface area contributed by atoms with E-state index in [0.29, 0.717) is 36.7 Å². The van der Waals surface area contributed by atoms with Gasteiger partial charge in [-0.2, -0.15) is 0 Å². The number of hydrogen-bond donors (Lipinski definition) is 0. The summed E-state index contributed by atoms with van der Waals surface area (Å²) in [7, 11) is 0. The summed E-state index contributed by atoms with van der Waals surface area (Å²) in [4.78, 5) is 30.3. The van der Waals surface area contributed by atoms with Gasteiger partial charge >= 0.3 is 0 Å². The van der Waals surface area contributed by atoms with Crippen molar-refractivity contribution in [3.8, 4) is 5.75 Å². The molecule has 2 aromatic rings. The molecule has 2 fully saturated rings. The van der Waals surface area contributed by atoms with Gasteiger partial charge in [-0.1, -0.05) is 29.8 Å². The number of carbonyl (C=O) groups excluding carboxylic acids is 2. The van der Waals surface area contributed by atoms with Crippen molar-refractivity contribution in [2.24, 2.45) is 5.41 Å². The highest BCUT2D eigenvalue weighted by molar-refractivity contribution is 6.30. The molecule has 0 aromatic heterocycles. The zero-order valence-corrected chi connectivity index (χ0v) is 19.2. The molecule has 1 unspecified atom stereocenters. The van der Waals surface area contributed by atoms with E-state index in [1.807, 2.05) is 40.1 Å². The molecule has 0 N–H and O–H groups in total. The highest BCUT2D eigenvalue weighted by atomic mass is 35.5. The normalized spacial score (nSPS) is 21.3. The van der Waals surface area contributed by atoms with Crippen LogP contribution >= 0.6 is 11.6 Å². The maximum Gasteiger partial charge on any atom is 0.253 e. The Balaban J connectivity index is 1.52. The number of hydrogen-bond acceptors (Lipinski definition) is 3. The average Bonchev–Trinajstić information content (AvgIpc) is 2.84. The molecule has 32 heavy (non-hydrogen) atoms. The van der Waals surface area contributed by atoms with E-state index in [-0.39, 0.29) is 11.8 Å². The first-order chi connectivity index (χ1) is 15.5. The third-order valence-electron chi connectivity index (χ3n) is 6.56. The smallest absolute Gasteiger partial charge is 0.253 e. The second-order valence-corrected chi connectivity index (χ2v) is 9.49. The van der Waals surface area contributed by atoms with Crippen LogP contribution in [-0.2, 0) is 4.79 Å². The Hall–Kier alpha value is -2.53. The van der Waals surface area contributed by atoms with Crippen LogP contribution in [0.1, 0.15) is 48.9 Å². The summed E-state index contributed by atoms with van der Waals surface area (Å²) in [5.74, 6) is 0.955. The van der Waals surface area contributed by atoms with E-state index in [4.69, 9.17) is 16.3 Å². The molecule has 2 aliphatic heterocycles. The number of benzene rings is 2. The number of carbonyl (C=O) groups is 2. The Kier molecular flexibility index (Phi) is 7.36. The van der Waals surface area contributed by atoms with Crippen molar-refractivity contribution >= 4 is 23.4 Å². The first-order valence-corrected chi connectivity index (χ1v) is 11.9. The maximum absolute atomic E-state index is 13.2. The lowest BCUT2D eigenvalue weighted by Crippen LogP contribution is -2.51. The van der Waals surface area contributed by atoms with Crippen LogP contribution < -0.4 is 4.74 Å². The molecular formula is C26H31ClN2O3. The van der Waals surface area contributed by atoms with Gasteiger partial charge in [0.15, 0.2) is 0 Å². The molecule has 2 aliphatic rings. The van der Waals surface area contributed by atoms with Gasteiger partial charge in [-0.25, -0.2) is 0 Å². The molecule has 5 nitrogen and oxygen atoms in total. The summed E-state index contributed by atoms with van der Waals surface area (Å²) < 4.78 is 6.16. The topological polar surface area (TPSA) is 49.9 Å². The van der Waals surface area contributed by atoms with E-state index >= 15 is 0 Å². The summed E-state index contributed by atoms with van der Waals surface area (Å²) in [5, 5.41) is 0.609. The molecule has 0 spiro atoms. The van der Waals surface area contributed by atoms with E-state index in [9.17, 15) is 9.59 Å². The quantitative estimate of drug-likeness (QED) is 0.614. The lowest BCUT2D eigenvalue weighted by atomic mass is 9.77. The van der Waals surface area contributed by atoms with E-state index < -0.39 is 5.41 Å². The van der Waals surface area contributed by atoms with Crippen LogP contribution in [-0.4, -0.2) is 54.4 Å². The number of amides is 2. The van der Waals surface area contributed by atoms with Gasteiger partial charge in [0, 0.05) is 48.6 Å². The lowest BCUT2D eigenvalue weighted by Gasteiger charge is -2.43. The highest BCUT2D eigenvalue weighted by Crippen LogP contribution is 2.36. The second kappa shape index (κ2) is 10.4. The molecule has 0 aliphatic carbocycles.